The molecule has 106 valence electrons. The fraction of sp³-hybridized carbons (Fsp3) is 0.562. The van der Waals surface area contributed by atoms with Crippen molar-refractivity contribution in [1.29, 1.82) is 0 Å². The topological polar surface area (TPSA) is 35.6 Å². The first-order valence-electron chi connectivity index (χ1n) is 7.62. The summed E-state index contributed by atoms with van der Waals surface area (Å²) >= 11 is 0. The highest BCUT2D eigenvalue weighted by Crippen LogP contribution is 2.39. The zero-order chi connectivity index (χ0) is 13.6. The Balaban J connectivity index is 1.44. The highest BCUT2D eigenvalue weighted by atomic mass is 16.2. The third-order valence-corrected chi connectivity index (χ3v) is 4.98. The van der Waals surface area contributed by atoms with Gasteiger partial charge in [0.05, 0.1) is 0 Å². The van der Waals surface area contributed by atoms with E-state index in [1.54, 1.807) is 0 Å². The van der Waals surface area contributed by atoms with Crippen molar-refractivity contribution in [3.63, 3.8) is 0 Å². The number of anilines is 2. The van der Waals surface area contributed by atoms with Gasteiger partial charge in [0.15, 0.2) is 0 Å². The summed E-state index contributed by atoms with van der Waals surface area (Å²) < 4.78 is 0. The summed E-state index contributed by atoms with van der Waals surface area (Å²) in [5.41, 5.74) is 2.87. The molecule has 3 heterocycles. The van der Waals surface area contributed by atoms with E-state index in [2.05, 4.69) is 34.5 Å². The lowest BCUT2D eigenvalue weighted by molar-refractivity contribution is -0.117. The van der Waals surface area contributed by atoms with Crippen LogP contribution in [0.1, 0.15) is 19.3 Å². The highest BCUT2D eigenvalue weighted by molar-refractivity contribution is 5.95. The van der Waals surface area contributed by atoms with Crippen LogP contribution >= 0.6 is 0 Å². The van der Waals surface area contributed by atoms with E-state index in [4.69, 9.17) is 0 Å². The second-order valence-corrected chi connectivity index (χ2v) is 6.45. The van der Waals surface area contributed by atoms with Gasteiger partial charge in [-0.2, -0.15) is 0 Å². The van der Waals surface area contributed by atoms with Crippen LogP contribution in [0.3, 0.4) is 0 Å². The van der Waals surface area contributed by atoms with Crippen molar-refractivity contribution in [3.05, 3.63) is 24.3 Å². The van der Waals surface area contributed by atoms with Crippen LogP contribution in [0.5, 0.6) is 0 Å². The average Bonchev–Trinajstić information content (AvgIpc) is 3.06. The first kappa shape index (κ1) is 12.2. The van der Waals surface area contributed by atoms with Gasteiger partial charge in [-0.3, -0.25) is 4.79 Å². The normalized spacial score (nSPS) is 24.5. The van der Waals surface area contributed by atoms with E-state index in [1.165, 1.54) is 38.3 Å². The van der Waals surface area contributed by atoms with Crippen LogP contribution in [0.15, 0.2) is 24.3 Å². The summed E-state index contributed by atoms with van der Waals surface area (Å²) in [6.45, 7) is 5.55. The van der Waals surface area contributed by atoms with Gasteiger partial charge in [-0.25, -0.2) is 0 Å². The molecule has 1 aromatic carbocycles. The van der Waals surface area contributed by atoms with Crippen molar-refractivity contribution in [1.82, 2.24) is 5.32 Å². The minimum atomic E-state index is 0.262. The molecule has 3 aliphatic rings. The Labute approximate surface area is 119 Å². The molecule has 1 aromatic rings. The molecule has 0 saturated carbocycles. The molecule has 1 N–H and O–H groups in total. The van der Waals surface area contributed by atoms with Gasteiger partial charge in [0, 0.05) is 49.4 Å². The van der Waals surface area contributed by atoms with E-state index >= 15 is 0 Å². The third kappa shape index (κ3) is 1.90. The smallest absolute Gasteiger partial charge is 0.227 e. The number of carbonyl (C=O) groups is 1. The van der Waals surface area contributed by atoms with E-state index < -0.39 is 0 Å². The summed E-state index contributed by atoms with van der Waals surface area (Å²) in [5.74, 6) is 0.262. The van der Waals surface area contributed by atoms with Gasteiger partial charge in [0.25, 0.3) is 0 Å². The first-order valence-corrected chi connectivity index (χ1v) is 7.62. The Hall–Kier alpha value is -1.55. The SMILES string of the molecule is O=C1CCCN1c1ccc(N2CC3(CCNC3)C2)cc1. The molecule has 0 bridgehead atoms. The van der Waals surface area contributed by atoms with Crippen molar-refractivity contribution < 1.29 is 4.79 Å². The van der Waals surface area contributed by atoms with Crippen molar-refractivity contribution in [2.75, 3.05) is 42.5 Å². The summed E-state index contributed by atoms with van der Waals surface area (Å²) in [6, 6.07) is 8.51. The van der Waals surface area contributed by atoms with Gasteiger partial charge in [-0.05, 0) is 43.7 Å². The fourth-order valence-electron chi connectivity index (χ4n) is 3.78. The molecule has 4 heteroatoms. The predicted molar refractivity (Wildman–Crippen MR) is 80.2 cm³/mol. The zero-order valence-corrected chi connectivity index (χ0v) is 11.8. The molecule has 4 nitrogen and oxygen atoms in total. The first-order chi connectivity index (χ1) is 9.76. The molecule has 3 aliphatic heterocycles. The number of carbonyl (C=O) groups excluding carboxylic acids is 1. The van der Waals surface area contributed by atoms with Gasteiger partial charge in [0.2, 0.25) is 5.91 Å². The van der Waals surface area contributed by atoms with E-state index in [1.807, 2.05) is 4.90 Å². The van der Waals surface area contributed by atoms with Crippen molar-refractivity contribution in [2.45, 2.75) is 19.3 Å². The molecule has 0 unspecified atom stereocenters. The average molecular weight is 271 g/mol. The van der Waals surface area contributed by atoms with Crippen LogP contribution in [0.2, 0.25) is 0 Å². The van der Waals surface area contributed by atoms with Crippen molar-refractivity contribution >= 4 is 17.3 Å². The molecule has 3 fully saturated rings. The Morgan fingerprint density at radius 1 is 1.10 bits per heavy atom. The van der Waals surface area contributed by atoms with Crippen molar-refractivity contribution in [2.24, 2.45) is 5.41 Å². The van der Waals surface area contributed by atoms with Gasteiger partial charge < -0.3 is 15.1 Å². The second kappa shape index (κ2) is 4.48. The molecule has 4 rings (SSSR count). The maximum atomic E-state index is 11.7. The number of benzene rings is 1. The molecule has 0 aromatic heterocycles. The lowest BCUT2D eigenvalue weighted by atomic mass is 9.79. The van der Waals surface area contributed by atoms with E-state index in [9.17, 15) is 4.79 Å². The minimum Gasteiger partial charge on any atom is -0.370 e. The largest absolute Gasteiger partial charge is 0.370 e. The molecule has 0 atom stereocenters. The number of nitrogens with zero attached hydrogens (tertiary/aromatic N) is 2. The van der Waals surface area contributed by atoms with Crippen LogP contribution in [0.25, 0.3) is 0 Å². The molecule has 1 spiro atoms. The lowest BCUT2D eigenvalue weighted by Gasteiger charge is -2.49. The summed E-state index contributed by atoms with van der Waals surface area (Å²) in [6.07, 6.45) is 3.00. The predicted octanol–water partition coefficient (Wildman–Crippen LogP) is 1.61. The van der Waals surface area contributed by atoms with E-state index in [-0.39, 0.29) is 5.91 Å². The molecular formula is C16H21N3O. The summed E-state index contributed by atoms with van der Waals surface area (Å²) in [7, 11) is 0. The Morgan fingerprint density at radius 3 is 2.45 bits per heavy atom. The maximum absolute atomic E-state index is 11.7. The number of hydrogen-bond acceptors (Lipinski definition) is 3. The van der Waals surface area contributed by atoms with Crippen LogP contribution < -0.4 is 15.1 Å². The van der Waals surface area contributed by atoms with E-state index in [0.717, 1.165) is 18.7 Å². The van der Waals surface area contributed by atoms with Crippen LogP contribution in [-0.4, -0.2) is 38.6 Å². The van der Waals surface area contributed by atoms with Crippen molar-refractivity contribution in [3.8, 4) is 0 Å². The van der Waals surface area contributed by atoms with Crippen LogP contribution in [-0.2, 0) is 4.79 Å². The lowest BCUT2D eigenvalue weighted by Crippen LogP contribution is -2.57. The molecule has 1 amide bonds. The number of amides is 1. The highest BCUT2D eigenvalue weighted by Gasteiger charge is 2.44. The molecule has 20 heavy (non-hydrogen) atoms. The van der Waals surface area contributed by atoms with Gasteiger partial charge >= 0.3 is 0 Å². The van der Waals surface area contributed by atoms with Crippen LogP contribution in [0.4, 0.5) is 11.4 Å². The number of hydrogen-bond donors (Lipinski definition) is 1. The Bertz CT molecular complexity index is 511. The quantitative estimate of drug-likeness (QED) is 0.887. The number of nitrogens with one attached hydrogen (secondary N) is 1. The Morgan fingerprint density at radius 2 is 1.85 bits per heavy atom. The van der Waals surface area contributed by atoms with Crippen LogP contribution in [0, 0.1) is 5.41 Å². The van der Waals surface area contributed by atoms with Gasteiger partial charge in [-0.15, -0.1) is 0 Å². The molecule has 0 radical (unpaired) electrons. The van der Waals surface area contributed by atoms with Gasteiger partial charge in [-0.1, -0.05) is 0 Å². The second-order valence-electron chi connectivity index (χ2n) is 6.45. The molecular weight excluding hydrogens is 250 g/mol. The summed E-state index contributed by atoms with van der Waals surface area (Å²) in [4.78, 5) is 16.1. The Kier molecular flexibility index (Phi) is 2.74. The molecule has 3 saturated heterocycles. The maximum Gasteiger partial charge on any atom is 0.227 e. The summed E-state index contributed by atoms with van der Waals surface area (Å²) in [5, 5.41) is 3.47. The van der Waals surface area contributed by atoms with Gasteiger partial charge in [0.1, 0.15) is 0 Å². The fourth-order valence-corrected chi connectivity index (χ4v) is 3.78. The minimum absolute atomic E-state index is 0.262. The number of rotatable bonds is 2. The van der Waals surface area contributed by atoms with E-state index in [0.29, 0.717) is 11.8 Å². The third-order valence-electron chi connectivity index (χ3n) is 4.98. The monoisotopic (exact) mass is 271 g/mol. The standard InChI is InChI=1S/C16H21N3O/c20-15-2-1-9-19(15)14-5-3-13(4-6-14)18-11-16(12-18)7-8-17-10-16/h3-6,17H,1-2,7-12H2. The molecule has 0 aliphatic carbocycles. The zero-order valence-electron chi connectivity index (χ0n) is 11.8.